The highest BCUT2D eigenvalue weighted by Gasteiger charge is 2.32. The number of urea groups is 1. The van der Waals surface area contributed by atoms with Crippen LogP contribution in [-0.2, 0) is 28.6 Å². The molecule has 4 amide bonds. The Balaban J connectivity index is 1.53. The number of rotatable bonds is 8. The second kappa shape index (κ2) is 14.5. The van der Waals surface area contributed by atoms with Gasteiger partial charge in [-0.2, -0.15) is 13.2 Å². The molecule has 0 aromatic heterocycles. The van der Waals surface area contributed by atoms with Crippen LogP contribution in [0.4, 0.5) is 29.3 Å². The quantitative estimate of drug-likeness (QED) is 0.319. The number of amides is 4. The van der Waals surface area contributed by atoms with Gasteiger partial charge in [-0.05, 0) is 55.0 Å². The number of halogens is 3. The summed E-state index contributed by atoms with van der Waals surface area (Å²) >= 11 is 0. The van der Waals surface area contributed by atoms with Crippen LogP contribution in [-0.4, -0.2) is 71.6 Å². The summed E-state index contributed by atoms with van der Waals surface area (Å²) in [6, 6.07) is 17.4. The molecule has 0 aliphatic carbocycles. The Bertz CT molecular complexity index is 1480. The van der Waals surface area contributed by atoms with Gasteiger partial charge in [0, 0.05) is 36.4 Å². The van der Waals surface area contributed by atoms with Gasteiger partial charge in [0.05, 0.1) is 37.6 Å². The van der Waals surface area contributed by atoms with Gasteiger partial charge in [0.15, 0.2) is 0 Å². The van der Waals surface area contributed by atoms with Gasteiger partial charge in [0.25, 0.3) is 0 Å². The highest BCUT2D eigenvalue weighted by molar-refractivity contribution is 5.93. The minimum Gasteiger partial charge on any atom is -0.488 e. The smallest absolute Gasteiger partial charge is 0.416 e. The summed E-state index contributed by atoms with van der Waals surface area (Å²) in [6.07, 6.45) is -4.96. The van der Waals surface area contributed by atoms with Crippen LogP contribution in [0.25, 0.3) is 0 Å². The van der Waals surface area contributed by atoms with E-state index >= 15 is 0 Å². The van der Waals surface area contributed by atoms with Crippen LogP contribution >= 0.6 is 0 Å². The summed E-state index contributed by atoms with van der Waals surface area (Å²) in [5.74, 6) is -0.328. The fraction of sp³-hybridized carbons (Fsp3) is 0.364. The molecule has 1 aliphatic rings. The van der Waals surface area contributed by atoms with E-state index in [9.17, 15) is 32.7 Å². The molecular weight excluding hydrogens is 589 g/mol. The minimum atomic E-state index is -4.49. The van der Waals surface area contributed by atoms with Crippen molar-refractivity contribution in [1.82, 2.24) is 9.80 Å². The highest BCUT2D eigenvalue weighted by Crippen LogP contribution is 2.31. The standard InChI is InChI=1S/C33H37F3N4O5/c1-21-18-40(22(2)20-41)31(43)17-24-16-27(37-30(42)15-23-7-5-4-6-8-23)13-14-28(24)45-29(21)19-39(3)32(44)38-26-11-9-25(10-12-26)33(34,35)36/h4-14,16,21-22,29,41H,15,17-20H2,1-3H3,(H,37,42)(H,38,44)/t21-,22-,29-/m1/s1. The number of aliphatic hydroxyl groups excluding tert-OH is 1. The van der Waals surface area contributed by atoms with E-state index in [0.717, 1.165) is 17.7 Å². The van der Waals surface area contributed by atoms with Crippen molar-refractivity contribution < 1.29 is 37.4 Å². The number of anilines is 2. The molecule has 0 saturated heterocycles. The zero-order valence-corrected chi connectivity index (χ0v) is 25.3. The van der Waals surface area contributed by atoms with Crippen LogP contribution in [0.1, 0.15) is 30.5 Å². The summed E-state index contributed by atoms with van der Waals surface area (Å²) in [5, 5.41) is 15.3. The number of hydrogen-bond donors (Lipinski definition) is 3. The summed E-state index contributed by atoms with van der Waals surface area (Å²) in [6.45, 7) is 3.69. The maximum Gasteiger partial charge on any atom is 0.416 e. The molecule has 0 spiro atoms. The van der Waals surface area contributed by atoms with Crippen molar-refractivity contribution >= 4 is 29.2 Å². The van der Waals surface area contributed by atoms with Crippen molar-refractivity contribution in [3.63, 3.8) is 0 Å². The van der Waals surface area contributed by atoms with Crippen molar-refractivity contribution in [2.45, 2.75) is 45.0 Å². The Hall–Kier alpha value is -4.58. The monoisotopic (exact) mass is 626 g/mol. The maximum atomic E-state index is 13.5. The number of likely N-dealkylation sites (N-methyl/N-ethyl adjacent to an activating group) is 1. The molecule has 12 heteroatoms. The fourth-order valence-corrected chi connectivity index (χ4v) is 5.03. The topological polar surface area (TPSA) is 111 Å². The number of benzene rings is 3. The van der Waals surface area contributed by atoms with Crippen molar-refractivity contribution in [2.75, 3.05) is 37.4 Å². The Labute approximate surface area is 260 Å². The predicted molar refractivity (Wildman–Crippen MR) is 164 cm³/mol. The zero-order chi connectivity index (χ0) is 32.7. The lowest BCUT2D eigenvalue weighted by Crippen LogP contribution is -2.48. The van der Waals surface area contributed by atoms with E-state index in [1.165, 1.54) is 24.1 Å². The fourth-order valence-electron chi connectivity index (χ4n) is 5.03. The molecule has 0 unspecified atom stereocenters. The Morgan fingerprint density at radius 2 is 1.71 bits per heavy atom. The number of nitrogens with zero attached hydrogens (tertiary/aromatic N) is 2. The number of aliphatic hydroxyl groups is 1. The van der Waals surface area contributed by atoms with Crippen molar-refractivity contribution in [2.24, 2.45) is 5.92 Å². The van der Waals surface area contributed by atoms with Gasteiger partial charge in [-0.15, -0.1) is 0 Å². The number of hydrogen-bond acceptors (Lipinski definition) is 5. The second-order valence-corrected chi connectivity index (χ2v) is 11.3. The molecule has 45 heavy (non-hydrogen) atoms. The molecule has 1 aliphatic heterocycles. The van der Waals surface area contributed by atoms with E-state index in [2.05, 4.69) is 10.6 Å². The summed E-state index contributed by atoms with van der Waals surface area (Å²) in [5.41, 5.74) is 1.25. The van der Waals surface area contributed by atoms with Gasteiger partial charge in [-0.25, -0.2) is 4.79 Å². The lowest BCUT2D eigenvalue weighted by atomic mass is 10.0. The first-order valence-corrected chi connectivity index (χ1v) is 14.6. The summed E-state index contributed by atoms with van der Waals surface area (Å²) < 4.78 is 45.2. The van der Waals surface area contributed by atoms with Gasteiger partial charge >= 0.3 is 12.2 Å². The van der Waals surface area contributed by atoms with Crippen LogP contribution in [0.3, 0.4) is 0 Å². The van der Waals surface area contributed by atoms with E-state index < -0.39 is 29.9 Å². The third-order valence-electron chi connectivity index (χ3n) is 7.67. The van der Waals surface area contributed by atoms with Crippen LogP contribution in [0, 0.1) is 5.92 Å². The normalized spacial score (nSPS) is 17.6. The van der Waals surface area contributed by atoms with Crippen LogP contribution in [0.2, 0.25) is 0 Å². The second-order valence-electron chi connectivity index (χ2n) is 11.3. The number of carbonyl (C=O) groups excluding carboxylic acids is 3. The van der Waals surface area contributed by atoms with Gasteiger partial charge in [0.1, 0.15) is 11.9 Å². The van der Waals surface area contributed by atoms with Crippen molar-refractivity contribution in [3.8, 4) is 5.75 Å². The number of fused-ring (bicyclic) bond motifs is 1. The van der Waals surface area contributed by atoms with Crippen molar-refractivity contribution in [3.05, 3.63) is 89.5 Å². The first-order chi connectivity index (χ1) is 21.3. The molecule has 0 bridgehead atoms. The van der Waals surface area contributed by atoms with E-state index in [1.807, 2.05) is 37.3 Å². The Morgan fingerprint density at radius 1 is 1.04 bits per heavy atom. The molecule has 4 rings (SSSR count). The molecule has 1 heterocycles. The average molecular weight is 627 g/mol. The maximum absolute atomic E-state index is 13.5. The molecule has 3 N–H and O–H groups in total. The molecular formula is C33H37F3N4O5. The molecule has 240 valence electrons. The molecule has 9 nitrogen and oxygen atoms in total. The highest BCUT2D eigenvalue weighted by atomic mass is 19.4. The van der Waals surface area contributed by atoms with Crippen LogP contribution < -0.4 is 15.4 Å². The van der Waals surface area contributed by atoms with Crippen LogP contribution in [0.15, 0.2) is 72.8 Å². The third-order valence-corrected chi connectivity index (χ3v) is 7.67. The van der Waals surface area contributed by atoms with E-state index in [0.29, 0.717) is 17.0 Å². The predicted octanol–water partition coefficient (Wildman–Crippen LogP) is 5.20. The van der Waals surface area contributed by atoms with Gasteiger partial charge in [-0.3, -0.25) is 9.59 Å². The van der Waals surface area contributed by atoms with E-state index in [-0.39, 0.29) is 56.0 Å². The first-order valence-electron chi connectivity index (χ1n) is 14.6. The lowest BCUT2D eigenvalue weighted by Gasteiger charge is -2.34. The van der Waals surface area contributed by atoms with Crippen molar-refractivity contribution in [1.29, 1.82) is 0 Å². The number of carbonyl (C=O) groups is 3. The molecule has 0 saturated carbocycles. The van der Waals surface area contributed by atoms with Gasteiger partial charge in [0.2, 0.25) is 11.8 Å². The molecule has 0 fully saturated rings. The molecule has 3 atom stereocenters. The van der Waals surface area contributed by atoms with Gasteiger partial charge in [-0.1, -0.05) is 37.3 Å². The SMILES string of the molecule is C[C@@H]1CN([C@H](C)CO)C(=O)Cc2cc(NC(=O)Cc3ccccc3)ccc2O[C@@H]1CN(C)C(=O)Nc1ccc(C(F)(F)F)cc1. The van der Waals surface area contributed by atoms with E-state index in [1.54, 1.807) is 30.0 Å². The molecule has 0 radical (unpaired) electrons. The Morgan fingerprint density at radius 3 is 2.36 bits per heavy atom. The van der Waals surface area contributed by atoms with E-state index in [4.69, 9.17) is 4.74 Å². The summed E-state index contributed by atoms with van der Waals surface area (Å²) in [4.78, 5) is 42.1. The first kappa shape index (κ1) is 33.3. The number of nitrogens with one attached hydrogen (secondary N) is 2. The third kappa shape index (κ3) is 8.98. The summed E-state index contributed by atoms with van der Waals surface area (Å²) in [7, 11) is 1.54. The Kier molecular flexibility index (Phi) is 10.7. The largest absolute Gasteiger partial charge is 0.488 e. The van der Waals surface area contributed by atoms with Gasteiger partial charge < -0.3 is 30.3 Å². The number of alkyl halides is 3. The molecule has 3 aromatic rings. The minimum absolute atomic E-state index is 0.0360. The number of ether oxygens (including phenoxy) is 1. The lowest BCUT2D eigenvalue weighted by molar-refractivity contribution is -0.137. The zero-order valence-electron chi connectivity index (χ0n) is 25.3. The molecule has 3 aromatic carbocycles. The average Bonchev–Trinajstić information content (AvgIpc) is 3.04. The van der Waals surface area contributed by atoms with Crippen LogP contribution in [0.5, 0.6) is 5.75 Å².